The number of aromatic hydroxyl groups is 1. The van der Waals surface area contributed by atoms with Crippen LogP contribution in [0.5, 0.6) is 11.5 Å². The topological polar surface area (TPSA) is 66.8 Å². The summed E-state index contributed by atoms with van der Waals surface area (Å²) in [6.45, 7) is 1.72. The molecule has 1 aliphatic carbocycles. The fourth-order valence-electron chi connectivity index (χ4n) is 2.43. The number of aromatic carboxylic acids is 1. The Bertz CT molecular complexity index is 529. The molecule has 96 valence electrons. The van der Waals surface area contributed by atoms with Crippen molar-refractivity contribution < 1.29 is 19.7 Å². The van der Waals surface area contributed by atoms with Crippen molar-refractivity contribution in [2.24, 2.45) is 0 Å². The van der Waals surface area contributed by atoms with Crippen LogP contribution in [0.15, 0.2) is 12.1 Å². The Labute approximate surface area is 106 Å². The van der Waals surface area contributed by atoms with E-state index in [1.54, 1.807) is 13.0 Å². The van der Waals surface area contributed by atoms with Gasteiger partial charge in [-0.05, 0) is 43.4 Å². The Balaban J connectivity index is 2.70. The number of carboxylic acids is 1. The number of methoxy groups -OCH3 is 1. The Morgan fingerprint density at radius 2 is 2.17 bits per heavy atom. The molecular formula is C14H16O4. The third-order valence-corrected chi connectivity index (χ3v) is 3.24. The maximum Gasteiger partial charge on any atom is 0.336 e. The smallest absolute Gasteiger partial charge is 0.336 e. The van der Waals surface area contributed by atoms with Crippen LogP contribution in [0.25, 0.3) is 5.57 Å². The summed E-state index contributed by atoms with van der Waals surface area (Å²) in [6, 6.07) is 1.55. The summed E-state index contributed by atoms with van der Waals surface area (Å²) in [5.74, 6) is -0.746. The summed E-state index contributed by atoms with van der Waals surface area (Å²) in [4.78, 5) is 11.3. The molecule has 18 heavy (non-hydrogen) atoms. The molecule has 0 atom stereocenters. The molecule has 1 aliphatic rings. The van der Waals surface area contributed by atoms with Gasteiger partial charge in [0.25, 0.3) is 0 Å². The van der Waals surface area contributed by atoms with Crippen molar-refractivity contribution in [1.29, 1.82) is 0 Å². The molecule has 4 nitrogen and oxygen atoms in total. The molecule has 4 heteroatoms. The normalized spacial score (nSPS) is 14.4. The Morgan fingerprint density at radius 1 is 1.44 bits per heavy atom. The fourth-order valence-corrected chi connectivity index (χ4v) is 2.43. The minimum absolute atomic E-state index is 0.0666. The number of aryl methyl sites for hydroxylation is 1. The minimum Gasteiger partial charge on any atom is -0.504 e. The predicted molar refractivity (Wildman–Crippen MR) is 68.2 cm³/mol. The number of hydrogen-bond acceptors (Lipinski definition) is 3. The van der Waals surface area contributed by atoms with Gasteiger partial charge in [-0.25, -0.2) is 4.79 Å². The van der Waals surface area contributed by atoms with Crippen LogP contribution in [0.2, 0.25) is 0 Å². The zero-order chi connectivity index (χ0) is 13.3. The second kappa shape index (κ2) is 4.72. The lowest BCUT2D eigenvalue weighted by Crippen LogP contribution is -2.04. The number of hydrogen-bond donors (Lipinski definition) is 2. The van der Waals surface area contributed by atoms with Gasteiger partial charge in [0, 0.05) is 5.56 Å². The first kappa shape index (κ1) is 12.5. The van der Waals surface area contributed by atoms with Gasteiger partial charge < -0.3 is 14.9 Å². The number of benzene rings is 1. The molecule has 0 aliphatic heterocycles. The van der Waals surface area contributed by atoms with E-state index in [4.69, 9.17) is 4.74 Å². The molecule has 1 aromatic carbocycles. The van der Waals surface area contributed by atoms with Gasteiger partial charge >= 0.3 is 5.97 Å². The zero-order valence-electron chi connectivity index (χ0n) is 10.5. The second-order valence-electron chi connectivity index (χ2n) is 4.42. The van der Waals surface area contributed by atoms with Crippen LogP contribution in [0.4, 0.5) is 0 Å². The largest absolute Gasteiger partial charge is 0.504 e. The summed E-state index contributed by atoms with van der Waals surface area (Å²) < 4.78 is 5.14. The first-order valence-electron chi connectivity index (χ1n) is 5.89. The third kappa shape index (κ3) is 1.94. The van der Waals surface area contributed by atoms with Crippen LogP contribution in [0.1, 0.15) is 40.7 Å². The second-order valence-corrected chi connectivity index (χ2v) is 4.42. The first-order chi connectivity index (χ1) is 8.56. The van der Waals surface area contributed by atoms with Crippen LogP contribution < -0.4 is 4.74 Å². The molecule has 0 unspecified atom stereocenters. The molecular weight excluding hydrogens is 232 g/mol. The maximum absolute atomic E-state index is 11.3. The van der Waals surface area contributed by atoms with Gasteiger partial charge in [0.05, 0.1) is 12.7 Å². The number of carbonyl (C=O) groups is 1. The summed E-state index contributed by atoms with van der Waals surface area (Å²) in [5.41, 5.74) is 2.05. The van der Waals surface area contributed by atoms with Gasteiger partial charge in [0.1, 0.15) is 0 Å². The Morgan fingerprint density at radius 3 is 2.67 bits per heavy atom. The maximum atomic E-state index is 11.3. The average Bonchev–Trinajstić information content (AvgIpc) is 2.82. The van der Waals surface area contributed by atoms with Crippen molar-refractivity contribution in [1.82, 2.24) is 0 Å². The fraction of sp³-hybridized carbons (Fsp3) is 0.357. The van der Waals surface area contributed by atoms with Gasteiger partial charge in [-0.2, -0.15) is 0 Å². The molecule has 2 N–H and O–H groups in total. The van der Waals surface area contributed by atoms with Crippen molar-refractivity contribution in [3.63, 3.8) is 0 Å². The van der Waals surface area contributed by atoms with E-state index >= 15 is 0 Å². The molecule has 0 amide bonds. The van der Waals surface area contributed by atoms with E-state index in [0.717, 1.165) is 24.8 Å². The van der Waals surface area contributed by atoms with Crippen molar-refractivity contribution in [3.05, 3.63) is 28.8 Å². The molecule has 0 radical (unpaired) electrons. The van der Waals surface area contributed by atoms with Crippen LogP contribution in [-0.2, 0) is 0 Å². The number of phenols is 1. The van der Waals surface area contributed by atoms with Crippen LogP contribution in [0, 0.1) is 6.92 Å². The number of rotatable bonds is 3. The molecule has 0 spiro atoms. The molecule has 0 aromatic heterocycles. The highest BCUT2D eigenvalue weighted by atomic mass is 16.5. The van der Waals surface area contributed by atoms with Gasteiger partial charge in [0.15, 0.2) is 11.5 Å². The van der Waals surface area contributed by atoms with Gasteiger partial charge in [0.2, 0.25) is 0 Å². The zero-order valence-corrected chi connectivity index (χ0v) is 10.5. The van der Waals surface area contributed by atoms with E-state index in [0.29, 0.717) is 16.9 Å². The van der Waals surface area contributed by atoms with E-state index in [9.17, 15) is 15.0 Å². The SMILES string of the molecule is COc1c(C)cc(C(=O)O)c(C2=CCCC2)c1O. The van der Waals surface area contributed by atoms with Gasteiger partial charge in [-0.1, -0.05) is 6.08 Å². The van der Waals surface area contributed by atoms with Crippen LogP contribution >= 0.6 is 0 Å². The monoisotopic (exact) mass is 248 g/mol. The lowest BCUT2D eigenvalue weighted by Gasteiger charge is -2.15. The summed E-state index contributed by atoms with van der Waals surface area (Å²) in [7, 11) is 1.47. The summed E-state index contributed by atoms with van der Waals surface area (Å²) in [6.07, 6.45) is 4.68. The molecule has 0 saturated carbocycles. The number of allylic oxidation sites excluding steroid dienone is 2. The quantitative estimate of drug-likeness (QED) is 0.863. The minimum atomic E-state index is -1.03. The van der Waals surface area contributed by atoms with Gasteiger partial charge in [-0.3, -0.25) is 0 Å². The van der Waals surface area contributed by atoms with E-state index in [1.165, 1.54) is 7.11 Å². The van der Waals surface area contributed by atoms with E-state index in [2.05, 4.69) is 0 Å². The Kier molecular flexibility index (Phi) is 3.28. The third-order valence-electron chi connectivity index (χ3n) is 3.24. The molecule has 0 fully saturated rings. The molecule has 2 rings (SSSR count). The van der Waals surface area contributed by atoms with Gasteiger partial charge in [-0.15, -0.1) is 0 Å². The van der Waals surface area contributed by atoms with Crippen LogP contribution in [0.3, 0.4) is 0 Å². The van der Waals surface area contributed by atoms with Crippen molar-refractivity contribution in [3.8, 4) is 11.5 Å². The summed E-state index contributed by atoms with van der Waals surface area (Å²) >= 11 is 0. The highest BCUT2D eigenvalue weighted by molar-refractivity contribution is 5.97. The van der Waals surface area contributed by atoms with Crippen molar-refractivity contribution in [2.45, 2.75) is 26.2 Å². The highest BCUT2D eigenvalue weighted by Gasteiger charge is 2.24. The van der Waals surface area contributed by atoms with Crippen molar-refractivity contribution >= 4 is 11.5 Å². The number of ether oxygens (including phenoxy) is 1. The van der Waals surface area contributed by atoms with Crippen molar-refractivity contribution in [2.75, 3.05) is 7.11 Å². The predicted octanol–water partition coefficient (Wildman–Crippen LogP) is 2.97. The lowest BCUT2D eigenvalue weighted by molar-refractivity contribution is 0.0696. The lowest BCUT2D eigenvalue weighted by atomic mass is 9.95. The number of carboxylic acid groups (broad SMARTS) is 1. The van der Waals surface area contributed by atoms with E-state index in [1.807, 2.05) is 6.08 Å². The molecule has 0 bridgehead atoms. The first-order valence-corrected chi connectivity index (χ1v) is 5.89. The molecule has 0 saturated heterocycles. The standard InChI is InChI=1S/C14H16O4/c1-8-7-10(14(16)17)11(9-5-3-4-6-9)12(15)13(8)18-2/h5,7,15H,3-4,6H2,1-2H3,(H,16,17). The molecule has 1 aromatic rings. The molecule has 0 heterocycles. The average molecular weight is 248 g/mol. The summed E-state index contributed by atoms with van der Waals surface area (Å²) in [5, 5.41) is 19.5. The van der Waals surface area contributed by atoms with Crippen LogP contribution in [-0.4, -0.2) is 23.3 Å². The Hall–Kier alpha value is -1.97. The number of phenolic OH excluding ortho intramolecular Hbond substituents is 1. The highest BCUT2D eigenvalue weighted by Crippen LogP contribution is 2.42. The van der Waals surface area contributed by atoms with E-state index in [-0.39, 0.29) is 11.3 Å². The van der Waals surface area contributed by atoms with E-state index < -0.39 is 5.97 Å².